The van der Waals surface area contributed by atoms with E-state index in [0.29, 0.717) is 41.4 Å². The quantitative estimate of drug-likeness (QED) is 0.780. The zero-order valence-corrected chi connectivity index (χ0v) is 13.2. The van der Waals surface area contributed by atoms with Crippen molar-refractivity contribution in [1.29, 1.82) is 0 Å². The van der Waals surface area contributed by atoms with Gasteiger partial charge in [-0.1, -0.05) is 25.2 Å². The average Bonchev–Trinajstić information content (AvgIpc) is 2.90. The third-order valence-electron chi connectivity index (χ3n) is 2.63. The van der Waals surface area contributed by atoms with E-state index in [1.807, 2.05) is 13.8 Å². The minimum atomic E-state index is -0.101. The Bertz CT molecular complexity index is 637. The Morgan fingerprint density at radius 2 is 2.19 bits per heavy atom. The van der Waals surface area contributed by atoms with E-state index in [-0.39, 0.29) is 5.56 Å². The van der Waals surface area contributed by atoms with Crippen molar-refractivity contribution in [2.75, 3.05) is 25.6 Å². The van der Waals surface area contributed by atoms with E-state index in [1.165, 1.54) is 22.1 Å². The van der Waals surface area contributed by atoms with Gasteiger partial charge in [0.25, 0.3) is 5.56 Å². The number of aromatic nitrogens is 4. The third-order valence-corrected chi connectivity index (χ3v) is 3.53. The summed E-state index contributed by atoms with van der Waals surface area (Å²) in [6.07, 6.45) is 0. The first kappa shape index (κ1) is 15.6. The second-order valence-electron chi connectivity index (χ2n) is 4.96. The van der Waals surface area contributed by atoms with Crippen LogP contribution in [0.2, 0.25) is 0 Å². The summed E-state index contributed by atoms with van der Waals surface area (Å²) < 4.78 is 6.44. The first-order valence-electron chi connectivity index (χ1n) is 6.75. The summed E-state index contributed by atoms with van der Waals surface area (Å²) in [4.78, 5) is 11.8. The molecule has 0 unspecified atom stereocenters. The molecule has 0 bridgehead atoms. The Labute approximate surface area is 127 Å². The van der Waals surface area contributed by atoms with Gasteiger partial charge in [-0.15, -0.1) is 10.2 Å². The minimum absolute atomic E-state index is 0.101. The van der Waals surface area contributed by atoms with E-state index in [9.17, 15) is 4.79 Å². The van der Waals surface area contributed by atoms with Gasteiger partial charge in [-0.2, -0.15) is 5.10 Å². The highest BCUT2D eigenvalue weighted by atomic mass is 32.1. The van der Waals surface area contributed by atoms with E-state index in [1.54, 1.807) is 13.2 Å². The summed E-state index contributed by atoms with van der Waals surface area (Å²) >= 11 is 1.40. The SMILES string of the molecule is COCCNc1nnc(-c2ccc(=O)n(CC(C)C)n2)s1. The normalized spacial score (nSPS) is 11.0. The largest absolute Gasteiger partial charge is 0.383 e. The van der Waals surface area contributed by atoms with Crippen LogP contribution in [0.15, 0.2) is 16.9 Å². The smallest absolute Gasteiger partial charge is 0.266 e. The summed E-state index contributed by atoms with van der Waals surface area (Å²) in [5, 5.41) is 17.0. The number of anilines is 1. The summed E-state index contributed by atoms with van der Waals surface area (Å²) in [5.74, 6) is 0.353. The standard InChI is InChI=1S/C13H19N5O2S/c1-9(2)8-18-11(19)5-4-10(17-18)12-15-16-13(21-12)14-6-7-20-3/h4-5,9H,6-8H2,1-3H3,(H,14,16). The zero-order valence-electron chi connectivity index (χ0n) is 12.4. The molecule has 0 atom stereocenters. The molecule has 2 aromatic rings. The molecule has 1 N–H and O–H groups in total. The van der Waals surface area contributed by atoms with Gasteiger partial charge in [-0.05, 0) is 12.0 Å². The van der Waals surface area contributed by atoms with Gasteiger partial charge >= 0.3 is 0 Å². The molecule has 0 fully saturated rings. The molecular formula is C13H19N5O2S. The Morgan fingerprint density at radius 1 is 1.38 bits per heavy atom. The fourth-order valence-corrected chi connectivity index (χ4v) is 2.43. The molecule has 2 aromatic heterocycles. The highest BCUT2D eigenvalue weighted by Gasteiger charge is 2.10. The Hall–Kier alpha value is -1.80. The van der Waals surface area contributed by atoms with Gasteiger partial charge in [-0.25, -0.2) is 4.68 Å². The predicted molar refractivity (Wildman–Crippen MR) is 82.6 cm³/mol. The van der Waals surface area contributed by atoms with Crippen molar-refractivity contribution >= 4 is 16.5 Å². The lowest BCUT2D eigenvalue weighted by Gasteiger charge is -2.07. The van der Waals surface area contributed by atoms with Crippen LogP contribution in [0.3, 0.4) is 0 Å². The van der Waals surface area contributed by atoms with Crippen molar-refractivity contribution in [2.45, 2.75) is 20.4 Å². The molecule has 0 aliphatic carbocycles. The van der Waals surface area contributed by atoms with Gasteiger partial charge in [-0.3, -0.25) is 4.79 Å². The van der Waals surface area contributed by atoms with Crippen molar-refractivity contribution in [3.63, 3.8) is 0 Å². The highest BCUT2D eigenvalue weighted by molar-refractivity contribution is 7.18. The summed E-state index contributed by atoms with van der Waals surface area (Å²) in [7, 11) is 1.65. The monoisotopic (exact) mass is 309 g/mol. The zero-order chi connectivity index (χ0) is 15.2. The average molecular weight is 309 g/mol. The fourth-order valence-electron chi connectivity index (χ4n) is 1.70. The first-order valence-corrected chi connectivity index (χ1v) is 7.56. The lowest BCUT2D eigenvalue weighted by molar-refractivity contribution is 0.211. The van der Waals surface area contributed by atoms with Crippen LogP contribution < -0.4 is 10.9 Å². The van der Waals surface area contributed by atoms with Crippen LogP contribution in [0, 0.1) is 5.92 Å². The van der Waals surface area contributed by atoms with Crippen molar-refractivity contribution in [2.24, 2.45) is 5.92 Å². The van der Waals surface area contributed by atoms with E-state index in [0.717, 1.165) is 0 Å². The van der Waals surface area contributed by atoms with E-state index in [4.69, 9.17) is 4.74 Å². The molecule has 0 saturated heterocycles. The van der Waals surface area contributed by atoms with E-state index in [2.05, 4.69) is 20.6 Å². The van der Waals surface area contributed by atoms with Gasteiger partial charge in [0, 0.05) is 26.3 Å². The van der Waals surface area contributed by atoms with Crippen LogP contribution in [0.25, 0.3) is 10.7 Å². The summed E-state index contributed by atoms with van der Waals surface area (Å²) in [6.45, 7) is 5.95. The van der Waals surface area contributed by atoms with Gasteiger partial charge < -0.3 is 10.1 Å². The number of hydrogen-bond donors (Lipinski definition) is 1. The Kier molecular flexibility index (Phi) is 5.40. The third kappa shape index (κ3) is 4.33. The second-order valence-corrected chi connectivity index (χ2v) is 5.94. The number of nitrogens with one attached hydrogen (secondary N) is 1. The fraction of sp³-hybridized carbons (Fsp3) is 0.538. The molecular weight excluding hydrogens is 290 g/mol. The predicted octanol–water partition coefficient (Wildman–Crippen LogP) is 1.48. The highest BCUT2D eigenvalue weighted by Crippen LogP contribution is 2.23. The lowest BCUT2D eigenvalue weighted by Crippen LogP contribution is -2.24. The van der Waals surface area contributed by atoms with Gasteiger partial charge in [0.2, 0.25) is 5.13 Å². The topological polar surface area (TPSA) is 81.9 Å². The van der Waals surface area contributed by atoms with Crippen molar-refractivity contribution in [3.8, 4) is 10.7 Å². The van der Waals surface area contributed by atoms with Crippen LogP contribution in [-0.2, 0) is 11.3 Å². The summed E-state index contributed by atoms with van der Waals surface area (Å²) in [5.41, 5.74) is 0.558. The maximum atomic E-state index is 11.8. The molecule has 7 nitrogen and oxygen atoms in total. The maximum Gasteiger partial charge on any atom is 0.266 e. The maximum absolute atomic E-state index is 11.8. The van der Waals surface area contributed by atoms with Crippen LogP contribution in [0.1, 0.15) is 13.8 Å². The Morgan fingerprint density at radius 3 is 2.90 bits per heavy atom. The lowest BCUT2D eigenvalue weighted by atomic mass is 10.2. The van der Waals surface area contributed by atoms with E-state index >= 15 is 0 Å². The molecule has 0 aliphatic rings. The molecule has 0 aliphatic heterocycles. The second kappa shape index (κ2) is 7.28. The number of methoxy groups -OCH3 is 1. The Balaban J connectivity index is 2.16. The van der Waals surface area contributed by atoms with Crippen LogP contribution in [0.4, 0.5) is 5.13 Å². The molecule has 114 valence electrons. The minimum Gasteiger partial charge on any atom is -0.383 e. The molecule has 0 radical (unpaired) electrons. The van der Waals surface area contributed by atoms with E-state index < -0.39 is 0 Å². The number of nitrogens with zero attached hydrogens (tertiary/aromatic N) is 4. The molecule has 0 aromatic carbocycles. The van der Waals surface area contributed by atoms with Crippen LogP contribution in [0.5, 0.6) is 0 Å². The molecule has 8 heteroatoms. The molecule has 0 spiro atoms. The summed E-state index contributed by atoms with van der Waals surface area (Å²) in [6, 6.07) is 3.20. The van der Waals surface area contributed by atoms with Gasteiger partial charge in [0.1, 0.15) is 5.69 Å². The molecule has 2 heterocycles. The van der Waals surface area contributed by atoms with Gasteiger partial charge in [0.05, 0.1) is 6.61 Å². The van der Waals surface area contributed by atoms with Gasteiger partial charge in [0.15, 0.2) is 5.01 Å². The molecule has 21 heavy (non-hydrogen) atoms. The molecule has 0 saturated carbocycles. The number of ether oxygens (including phenoxy) is 1. The number of hydrogen-bond acceptors (Lipinski definition) is 7. The molecule has 2 rings (SSSR count). The van der Waals surface area contributed by atoms with Crippen molar-refractivity contribution in [1.82, 2.24) is 20.0 Å². The van der Waals surface area contributed by atoms with Crippen LogP contribution >= 0.6 is 11.3 Å². The number of rotatable bonds is 7. The molecule has 0 amide bonds. The first-order chi connectivity index (χ1) is 10.1. The van der Waals surface area contributed by atoms with Crippen LogP contribution in [-0.4, -0.2) is 40.2 Å². The van der Waals surface area contributed by atoms with Crippen molar-refractivity contribution in [3.05, 3.63) is 22.5 Å². The van der Waals surface area contributed by atoms with Crippen molar-refractivity contribution < 1.29 is 4.74 Å².